The second-order valence-corrected chi connectivity index (χ2v) is 7.43. The molecule has 1 aromatic carbocycles. The Hall–Kier alpha value is -1.50. The molecule has 1 aromatic rings. The number of allylic oxidation sites excluding steroid dienone is 1. The first-order valence-corrected chi connectivity index (χ1v) is 9.63. The van der Waals surface area contributed by atoms with Crippen molar-refractivity contribution in [2.24, 2.45) is 0 Å². The summed E-state index contributed by atoms with van der Waals surface area (Å²) in [6.07, 6.45) is 3.31. The van der Waals surface area contributed by atoms with Gasteiger partial charge in [0.25, 0.3) is 0 Å². The van der Waals surface area contributed by atoms with Crippen molar-refractivity contribution in [2.75, 3.05) is 20.1 Å². The van der Waals surface area contributed by atoms with Gasteiger partial charge < -0.3 is 4.90 Å². The summed E-state index contributed by atoms with van der Waals surface area (Å²) in [5, 5.41) is 8.52. The molecule has 0 amide bonds. The molecule has 0 radical (unpaired) electrons. The maximum Gasteiger partial charge on any atom is 0.0663 e. The molecule has 2 atom stereocenters. The van der Waals surface area contributed by atoms with Gasteiger partial charge in [-0.25, -0.2) is 0 Å². The quantitative estimate of drug-likeness (QED) is 0.654. The molecule has 0 aliphatic carbocycles. The Labute approximate surface area is 152 Å². The van der Waals surface area contributed by atoms with Gasteiger partial charge in [0, 0.05) is 24.3 Å². The Morgan fingerprint density at radius 1 is 1.33 bits per heavy atom. The topological polar surface area (TPSA) is 27.0 Å². The van der Waals surface area contributed by atoms with Crippen molar-refractivity contribution >= 4 is 11.8 Å². The molecule has 3 rings (SSSR count). The highest BCUT2D eigenvalue weighted by Gasteiger charge is 2.33. The number of likely N-dealkylation sites (N-methyl/N-ethyl adjacent to an activating group) is 1. The first-order valence-electron chi connectivity index (χ1n) is 8.75. The minimum absolute atomic E-state index is 0.458. The molecule has 2 heterocycles. The standard InChI is InChI=1S/C15H19NS.C4H5N.C2H6/c1-11-8-13-14(12-6-4-3-5-7-12)9-16(2)10-15(13)17-11;1-2-3-4-5;1-2/h3-7,11,14H,8-10H2,1-2H3;2H,1,3H2;1-2H3. The van der Waals surface area contributed by atoms with Gasteiger partial charge in [0.2, 0.25) is 0 Å². The lowest BCUT2D eigenvalue weighted by molar-refractivity contribution is 0.333. The second-order valence-electron chi connectivity index (χ2n) is 5.89. The van der Waals surface area contributed by atoms with Crippen LogP contribution >= 0.6 is 11.8 Å². The SMILES string of the molecule is C=CCC#N.CC.CC1CC2=C(CN(C)CC2c2ccccc2)S1. The van der Waals surface area contributed by atoms with Crippen LogP contribution in [0.2, 0.25) is 0 Å². The maximum atomic E-state index is 7.74. The molecular weight excluding hydrogens is 312 g/mol. The fraction of sp³-hybridized carbons (Fsp3) is 0.476. The fourth-order valence-corrected chi connectivity index (χ4v) is 4.47. The van der Waals surface area contributed by atoms with E-state index < -0.39 is 0 Å². The highest BCUT2D eigenvalue weighted by atomic mass is 32.2. The second kappa shape index (κ2) is 11.1. The zero-order valence-electron chi connectivity index (χ0n) is 15.5. The summed E-state index contributed by atoms with van der Waals surface area (Å²) in [7, 11) is 2.24. The molecule has 0 saturated carbocycles. The molecule has 0 fully saturated rings. The average Bonchev–Trinajstić information content (AvgIpc) is 2.98. The van der Waals surface area contributed by atoms with Crippen molar-refractivity contribution in [3.63, 3.8) is 0 Å². The Morgan fingerprint density at radius 3 is 2.54 bits per heavy atom. The monoisotopic (exact) mass is 342 g/mol. The molecule has 0 N–H and O–H groups in total. The Kier molecular flexibility index (Phi) is 9.52. The van der Waals surface area contributed by atoms with Gasteiger partial charge >= 0.3 is 0 Å². The summed E-state index contributed by atoms with van der Waals surface area (Å²) in [6, 6.07) is 12.9. The summed E-state index contributed by atoms with van der Waals surface area (Å²) in [5.41, 5.74) is 3.20. The molecule has 2 aliphatic heterocycles. The molecule has 130 valence electrons. The van der Waals surface area contributed by atoms with Crippen LogP contribution in [-0.2, 0) is 0 Å². The molecule has 0 saturated heterocycles. The van der Waals surface area contributed by atoms with Crippen molar-refractivity contribution < 1.29 is 0 Å². The molecule has 0 aromatic heterocycles. The number of rotatable bonds is 2. The minimum atomic E-state index is 0.458. The van der Waals surface area contributed by atoms with Gasteiger partial charge in [-0.15, -0.1) is 18.3 Å². The molecule has 0 spiro atoms. The van der Waals surface area contributed by atoms with Crippen LogP contribution < -0.4 is 0 Å². The number of benzene rings is 1. The molecule has 2 aliphatic rings. The van der Waals surface area contributed by atoms with Gasteiger partial charge in [0.05, 0.1) is 12.5 Å². The van der Waals surface area contributed by atoms with E-state index in [9.17, 15) is 0 Å². The van der Waals surface area contributed by atoms with Crippen LogP contribution in [0.5, 0.6) is 0 Å². The van der Waals surface area contributed by atoms with Crippen LogP contribution in [0.15, 0.2) is 53.5 Å². The van der Waals surface area contributed by atoms with E-state index in [0.29, 0.717) is 12.3 Å². The van der Waals surface area contributed by atoms with Crippen LogP contribution in [0.25, 0.3) is 0 Å². The van der Waals surface area contributed by atoms with E-state index in [1.54, 1.807) is 16.6 Å². The van der Waals surface area contributed by atoms with Crippen LogP contribution in [0.1, 0.15) is 45.1 Å². The van der Waals surface area contributed by atoms with Crippen molar-refractivity contribution in [1.82, 2.24) is 4.90 Å². The van der Waals surface area contributed by atoms with E-state index in [4.69, 9.17) is 5.26 Å². The molecule has 24 heavy (non-hydrogen) atoms. The predicted molar refractivity (Wildman–Crippen MR) is 107 cm³/mol. The normalized spacial score (nSPS) is 22.3. The lowest BCUT2D eigenvalue weighted by Crippen LogP contribution is -2.31. The molecule has 2 nitrogen and oxygen atoms in total. The Bertz CT molecular complexity index is 571. The van der Waals surface area contributed by atoms with Crippen LogP contribution in [-0.4, -0.2) is 30.3 Å². The molecule has 2 unspecified atom stereocenters. The maximum absolute atomic E-state index is 7.74. The first kappa shape index (κ1) is 20.5. The van der Waals surface area contributed by atoms with E-state index in [-0.39, 0.29) is 0 Å². The third-order valence-corrected chi connectivity index (χ3v) is 5.22. The summed E-state index contributed by atoms with van der Waals surface area (Å²) >= 11 is 2.09. The van der Waals surface area contributed by atoms with E-state index in [1.165, 1.54) is 18.5 Å². The summed E-state index contributed by atoms with van der Waals surface area (Å²) < 4.78 is 0. The fourth-order valence-electron chi connectivity index (χ4n) is 3.05. The van der Waals surface area contributed by atoms with Crippen molar-refractivity contribution in [3.8, 4) is 6.07 Å². The average molecular weight is 343 g/mol. The number of hydrogen-bond donors (Lipinski definition) is 0. The van der Waals surface area contributed by atoms with E-state index >= 15 is 0 Å². The highest BCUT2D eigenvalue weighted by molar-refractivity contribution is 8.04. The van der Waals surface area contributed by atoms with Crippen LogP contribution in [0.4, 0.5) is 0 Å². The van der Waals surface area contributed by atoms with Gasteiger partial charge in [-0.05, 0) is 29.5 Å². The van der Waals surface area contributed by atoms with Crippen molar-refractivity contribution in [1.29, 1.82) is 5.26 Å². The zero-order valence-corrected chi connectivity index (χ0v) is 16.3. The van der Waals surface area contributed by atoms with E-state index in [0.717, 1.165) is 11.8 Å². The predicted octanol–water partition coefficient (Wildman–Crippen LogP) is 5.61. The zero-order chi connectivity index (χ0) is 17.9. The largest absolute Gasteiger partial charge is 0.301 e. The lowest BCUT2D eigenvalue weighted by Gasteiger charge is -2.31. The van der Waals surface area contributed by atoms with Gasteiger partial charge in [0.15, 0.2) is 0 Å². The smallest absolute Gasteiger partial charge is 0.0663 e. The number of hydrogen-bond acceptors (Lipinski definition) is 3. The van der Waals surface area contributed by atoms with Crippen molar-refractivity contribution in [2.45, 2.75) is 44.8 Å². The van der Waals surface area contributed by atoms with Crippen LogP contribution in [0.3, 0.4) is 0 Å². The van der Waals surface area contributed by atoms with Crippen LogP contribution in [0, 0.1) is 11.3 Å². The number of thioether (sulfide) groups is 1. The number of nitriles is 1. The Morgan fingerprint density at radius 2 is 2.00 bits per heavy atom. The summed E-state index contributed by atoms with van der Waals surface area (Å²) in [4.78, 5) is 4.10. The number of nitrogens with zero attached hydrogens (tertiary/aromatic N) is 2. The molecule has 0 bridgehead atoms. The van der Waals surface area contributed by atoms with E-state index in [1.807, 2.05) is 19.9 Å². The highest BCUT2D eigenvalue weighted by Crippen LogP contribution is 2.46. The van der Waals surface area contributed by atoms with Gasteiger partial charge in [-0.1, -0.05) is 57.2 Å². The third-order valence-electron chi connectivity index (χ3n) is 3.97. The van der Waals surface area contributed by atoms with Gasteiger partial charge in [-0.2, -0.15) is 5.26 Å². The molecule has 3 heteroatoms. The third kappa shape index (κ3) is 5.85. The lowest BCUT2D eigenvalue weighted by atomic mass is 9.86. The van der Waals surface area contributed by atoms with Gasteiger partial charge in [-0.3, -0.25) is 0 Å². The van der Waals surface area contributed by atoms with E-state index in [2.05, 4.69) is 67.5 Å². The minimum Gasteiger partial charge on any atom is -0.301 e. The Balaban J connectivity index is 0.000000356. The summed E-state index contributed by atoms with van der Waals surface area (Å²) in [6.45, 7) is 12.0. The van der Waals surface area contributed by atoms with Gasteiger partial charge in [0.1, 0.15) is 0 Å². The first-order chi connectivity index (χ1) is 11.7. The molecular formula is C21H30N2S. The summed E-state index contributed by atoms with van der Waals surface area (Å²) in [5.74, 6) is 0.627. The van der Waals surface area contributed by atoms with Crippen molar-refractivity contribution in [3.05, 3.63) is 59.0 Å².